The molecule has 180 valence electrons. The van der Waals surface area contributed by atoms with Crippen molar-refractivity contribution < 1.29 is 9.53 Å². The van der Waals surface area contributed by atoms with E-state index in [-0.39, 0.29) is 12.6 Å². The van der Waals surface area contributed by atoms with E-state index in [1.807, 2.05) is 60.0 Å². The van der Waals surface area contributed by atoms with E-state index < -0.39 is 0 Å². The van der Waals surface area contributed by atoms with Crippen LogP contribution in [0.3, 0.4) is 0 Å². The lowest BCUT2D eigenvalue weighted by Gasteiger charge is -2.13. The van der Waals surface area contributed by atoms with Crippen molar-refractivity contribution in [1.82, 2.24) is 20.1 Å². The van der Waals surface area contributed by atoms with Gasteiger partial charge in [0.2, 0.25) is 0 Å². The van der Waals surface area contributed by atoms with Gasteiger partial charge in [0.25, 0.3) is 0 Å². The standard InChI is InChI=1S/C25H23Cl2N5O2S/c1-16-6-9-19(10-7-16)29-24(33)28-14-23-30-31-25(32(23)22-13-18(26)8-11-21(22)27)35-15-17-4-3-5-20(12-17)34-2/h3-13H,14-15H2,1-2H3,(H2,28,29,33). The monoisotopic (exact) mass is 527 g/mol. The van der Waals surface area contributed by atoms with Crippen LogP contribution >= 0.6 is 35.0 Å². The maximum absolute atomic E-state index is 12.5. The Kier molecular flexibility index (Phi) is 8.17. The summed E-state index contributed by atoms with van der Waals surface area (Å²) in [6.07, 6.45) is 0. The van der Waals surface area contributed by atoms with Gasteiger partial charge < -0.3 is 15.4 Å². The Labute approximate surface area is 217 Å². The van der Waals surface area contributed by atoms with Crippen LogP contribution in [0.15, 0.2) is 71.9 Å². The second-order valence-electron chi connectivity index (χ2n) is 7.64. The molecule has 0 saturated carbocycles. The highest BCUT2D eigenvalue weighted by Crippen LogP contribution is 2.31. The topological polar surface area (TPSA) is 81.1 Å². The average molecular weight is 528 g/mol. The molecule has 0 spiro atoms. The van der Waals surface area contributed by atoms with Gasteiger partial charge in [0.1, 0.15) is 5.75 Å². The van der Waals surface area contributed by atoms with Gasteiger partial charge in [-0.3, -0.25) is 4.57 Å². The molecule has 7 nitrogen and oxygen atoms in total. The Morgan fingerprint density at radius 2 is 1.86 bits per heavy atom. The van der Waals surface area contributed by atoms with Gasteiger partial charge in [0.15, 0.2) is 11.0 Å². The lowest BCUT2D eigenvalue weighted by molar-refractivity contribution is 0.251. The summed E-state index contributed by atoms with van der Waals surface area (Å²) in [4.78, 5) is 12.5. The molecule has 0 bridgehead atoms. The molecule has 0 saturated heterocycles. The number of carbonyl (C=O) groups is 1. The van der Waals surface area contributed by atoms with E-state index in [9.17, 15) is 4.79 Å². The van der Waals surface area contributed by atoms with Crippen LogP contribution in [-0.4, -0.2) is 27.9 Å². The highest BCUT2D eigenvalue weighted by molar-refractivity contribution is 7.98. The number of urea groups is 1. The molecule has 3 aromatic carbocycles. The number of nitrogens with zero attached hydrogens (tertiary/aromatic N) is 3. The molecule has 0 unspecified atom stereocenters. The van der Waals surface area contributed by atoms with Crippen LogP contribution in [0.25, 0.3) is 5.69 Å². The Bertz CT molecular complexity index is 1330. The summed E-state index contributed by atoms with van der Waals surface area (Å²) < 4.78 is 7.13. The summed E-state index contributed by atoms with van der Waals surface area (Å²) in [5.74, 6) is 1.93. The third kappa shape index (κ3) is 6.48. The number of aryl methyl sites for hydroxylation is 1. The average Bonchev–Trinajstić information content (AvgIpc) is 3.27. The zero-order valence-corrected chi connectivity index (χ0v) is 21.4. The largest absolute Gasteiger partial charge is 0.497 e. The summed E-state index contributed by atoms with van der Waals surface area (Å²) in [5, 5.41) is 16.0. The minimum absolute atomic E-state index is 0.132. The van der Waals surface area contributed by atoms with Gasteiger partial charge in [-0.25, -0.2) is 4.79 Å². The van der Waals surface area contributed by atoms with Crippen LogP contribution < -0.4 is 15.4 Å². The normalized spacial score (nSPS) is 10.7. The van der Waals surface area contributed by atoms with Crippen LogP contribution in [0, 0.1) is 6.92 Å². The fraction of sp³-hybridized carbons (Fsp3) is 0.160. The SMILES string of the molecule is COc1cccc(CSc2nnc(CNC(=O)Nc3ccc(C)cc3)n2-c2cc(Cl)ccc2Cl)c1. The number of hydrogen-bond donors (Lipinski definition) is 2. The van der Waals surface area contributed by atoms with E-state index in [1.165, 1.54) is 11.8 Å². The van der Waals surface area contributed by atoms with Crippen LogP contribution in [-0.2, 0) is 12.3 Å². The Balaban J connectivity index is 1.55. The molecule has 4 rings (SSSR count). The first-order valence-electron chi connectivity index (χ1n) is 10.7. The molecule has 0 atom stereocenters. The Morgan fingerprint density at radius 3 is 2.63 bits per heavy atom. The van der Waals surface area contributed by atoms with Crippen LogP contribution in [0.1, 0.15) is 17.0 Å². The lowest BCUT2D eigenvalue weighted by atomic mass is 10.2. The minimum atomic E-state index is -0.355. The van der Waals surface area contributed by atoms with Crippen LogP contribution in [0.4, 0.5) is 10.5 Å². The van der Waals surface area contributed by atoms with Crippen molar-refractivity contribution in [1.29, 1.82) is 0 Å². The predicted molar refractivity (Wildman–Crippen MR) is 141 cm³/mol. The molecule has 0 aliphatic carbocycles. The van der Waals surface area contributed by atoms with Gasteiger partial charge in [-0.1, -0.05) is 64.8 Å². The lowest BCUT2D eigenvalue weighted by Crippen LogP contribution is -2.29. The quantitative estimate of drug-likeness (QED) is 0.255. The first-order chi connectivity index (χ1) is 16.9. The van der Waals surface area contributed by atoms with Gasteiger partial charge in [-0.05, 0) is 55.0 Å². The molecule has 0 fully saturated rings. The van der Waals surface area contributed by atoms with Gasteiger partial charge >= 0.3 is 6.03 Å². The van der Waals surface area contributed by atoms with Gasteiger partial charge in [-0.2, -0.15) is 0 Å². The van der Waals surface area contributed by atoms with Gasteiger partial charge in [-0.15, -0.1) is 10.2 Å². The number of carbonyl (C=O) groups excluding carboxylic acids is 1. The zero-order valence-electron chi connectivity index (χ0n) is 19.1. The van der Waals surface area contributed by atoms with E-state index >= 15 is 0 Å². The third-order valence-corrected chi connectivity index (χ3v) is 6.62. The molecule has 10 heteroatoms. The number of benzene rings is 3. The number of thioether (sulfide) groups is 1. The van der Waals surface area contributed by atoms with Crippen molar-refractivity contribution in [2.24, 2.45) is 0 Å². The van der Waals surface area contributed by atoms with Crippen molar-refractivity contribution >= 4 is 46.7 Å². The fourth-order valence-corrected chi connectivity index (χ4v) is 4.56. The zero-order chi connectivity index (χ0) is 24.8. The summed E-state index contributed by atoms with van der Waals surface area (Å²) in [7, 11) is 1.64. The molecule has 0 aliphatic rings. The molecule has 1 aromatic heterocycles. The van der Waals surface area contributed by atoms with E-state index in [4.69, 9.17) is 27.9 Å². The van der Waals surface area contributed by atoms with E-state index in [2.05, 4.69) is 20.8 Å². The first kappa shape index (κ1) is 24.9. The maximum atomic E-state index is 12.5. The molecule has 2 N–H and O–H groups in total. The molecular weight excluding hydrogens is 505 g/mol. The number of aromatic nitrogens is 3. The number of nitrogens with one attached hydrogen (secondary N) is 2. The van der Waals surface area contributed by atoms with E-state index in [0.29, 0.717) is 38.2 Å². The second-order valence-corrected chi connectivity index (χ2v) is 9.43. The summed E-state index contributed by atoms with van der Waals surface area (Å²) in [6, 6.07) is 20.2. The van der Waals surface area contributed by atoms with Crippen molar-refractivity contribution in [3.63, 3.8) is 0 Å². The van der Waals surface area contributed by atoms with Crippen LogP contribution in [0.2, 0.25) is 10.0 Å². The van der Waals surface area contributed by atoms with Crippen molar-refractivity contribution in [2.45, 2.75) is 24.4 Å². The molecular formula is C25H23Cl2N5O2S. The van der Waals surface area contributed by atoms with Crippen LogP contribution in [0.5, 0.6) is 5.75 Å². The van der Waals surface area contributed by atoms with Gasteiger partial charge in [0.05, 0.1) is 24.4 Å². The summed E-state index contributed by atoms with van der Waals surface area (Å²) in [6.45, 7) is 2.12. The van der Waals surface area contributed by atoms with Crippen molar-refractivity contribution in [3.8, 4) is 11.4 Å². The molecule has 4 aromatic rings. The number of methoxy groups -OCH3 is 1. The number of anilines is 1. The molecule has 2 amide bonds. The van der Waals surface area contributed by atoms with E-state index in [0.717, 1.165) is 16.9 Å². The third-order valence-electron chi connectivity index (χ3n) is 5.07. The number of halogens is 2. The maximum Gasteiger partial charge on any atom is 0.319 e. The molecule has 1 heterocycles. The number of hydrogen-bond acceptors (Lipinski definition) is 5. The fourth-order valence-electron chi connectivity index (χ4n) is 3.29. The Morgan fingerprint density at radius 1 is 1.06 bits per heavy atom. The van der Waals surface area contributed by atoms with Crippen molar-refractivity contribution in [3.05, 3.63) is 93.7 Å². The van der Waals surface area contributed by atoms with Gasteiger partial charge in [0, 0.05) is 16.5 Å². The highest BCUT2D eigenvalue weighted by Gasteiger charge is 2.18. The number of amides is 2. The summed E-state index contributed by atoms with van der Waals surface area (Å²) in [5.41, 5.74) is 3.51. The van der Waals surface area contributed by atoms with E-state index in [1.54, 1.807) is 25.3 Å². The number of ether oxygens (including phenoxy) is 1. The highest BCUT2D eigenvalue weighted by atomic mass is 35.5. The number of rotatable bonds is 8. The molecule has 35 heavy (non-hydrogen) atoms. The molecule has 0 radical (unpaired) electrons. The first-order valence-corrected chi connectivity index (χ1v) is 12.4. The van der Waals surface area contributed by atoms with Crippen molar-refractivity contribution in [2.75, 3.05) is 12.4 Å². The smallest absolute Gasteiger partial charge is 0.319 e. The predicted octanol–water partition coefficient (Wildman–Crippen LogP) is 6.51. The Hall–Kier alpha value is -3.20. The summed E-state index contributed by atoms with van der Waals surface area (Å²) >= 11 is 14.3. The molecule has 0 aliphatic heterocycles. The minimum Gasteiger partial charge on any atom is -0.497 e. The second kappa shape index (κ2) is 11.5.